The molecule has 90 valence electrons. The number of nitriles is 1. The average Bonchev–Trinajstić information content (AvgIpc) is 2.83. The monoisotopic (exact) mass is 250 g/mol. The maximum atomic E-state index is 11.3. The number of thiophene rings is 1. The highest BCUT2D eigenvalue weighted by Crippen LogP contribution is 2.21. The summed E-state index contributed by atoms with van der Waals surface area (Å²) in [5.41, 5.74) is 0. The van der Waals surface area contributed by atoms with Crippen molar-refractivity contribution in [3.05, 3.63) is 22.4 Å². The molecule has 0 aliphatic carbocycles. The summed E-state index contributed by atoms with van der Waals surface area (Å²) in [6.07, 6.45) is 1.36. The highest BCUT2D eigenvalue weighted by molar-refractivity contribution is 7.10. The van der Waals surface area contributed by atoms with Crippen molar-refractivity contribution in [1.29, 1.82) is 5.26 Å². The molecule has 0 N–H and O–H groups in total. The first-order valence-corrected chi connectivity index (χ1v) is 6.20. The summed E-state index contributed by atoms with van der Waals surface area (Å²) >= 11 is 1.60. The molecule has 0 aromatic carbocycles. The van der Waals surface area contributed by atoms with Gasteiger partial charge in [-0.25, -0.2) is 0 Å². The summed E-state index contributed by atoms with van der Waals surface area (Å²) in [4.78, 5) is 16.6. The zero-order chi connectivity index (χ0) is 12.7. The molecule has 0 aliphatic rings. The highest BCUT2D eigenvalue weighted by Gasteiger charge is 2.16. The van der Waals surface area contributed by atoms with Gasteiger partial charge in [-0.3, -0.25) is 9.79 Å². The number of hydrogen-bond acceptors (Lipinski definition) is 5. The molecule has 4 nitrogen and oxygen atoms in total. The number of carbonyl (C=O) groups is 1. The minimum Gasteiger partial charge on any atom is -0.465 e. The van der Waals surface area contributed by atoms with Crippen LogP contribution in [-0.2, 0) is 9.53 Å². The summed E-state index contributed by atoms with van der Waals surface area (Å²) in [5.74, 6) is -1.46. The SMILES string of the molecule is CCOC(=O)[C@@H](C#N)C=N[C@@H](C)c1cccs1. The predicted molar refractivity (Wildman–Crippen MR) is 67.0 cm³/mol. The van der Waals surface area contributed by atoms with Crippen LogP contribution in [0.25, 0.3) is 0 Å². The molecule has 1 heterocycles. The smallest absolute Gasteiger partial charge is 0.328 e. The van der Waals surface area contributed by atoms with E-state index in [0.717, 1.165) is 4.88 Å². The molecular formula is C12H14N2O2S. The molecule has 0 aliphatic heterocycles. The number of esters is 1. The van der Waals surface area contributed by atoms with Gasteiger partial charge in [0.1, 0.15) is 0 Å². The van der Waals surface area contributed by atoms with Gasteiger partial charge in [0.2, 0.25) is 0 Å². The van der Waals surface area contributed by atoms with E-state index in [-0.39, 0.29) is 12.6 Å². The van der Waals surface area contributed by atoms with Crippen molar-refractivity contribution in [2.24, 2.45) is 10.9 Å². The Hall–Kier alpha value is -1.67. The van der Waals surface area contributed by atoms with Gasteiger partial charge >= 0.3 is 5.97 Å². The Morgan fingerprint density at radius 2 is 2.53 bits per heavy atom. The Morgan fingerprint density at radius 3 is 3.06 bits per heavy atom. The quantitative estimate of drug-likeness (QED) is 0.596. The molecule has 0 radical (unpaired) electrons. The number of aliphatic imine (C=N–C) groups is 1. The normalized spacial score (nSPS) is 14.2. The van der Waals surface area contributed by atoms with Crippen molar-refractivity contribution in [3.63, 3.8) is 0 Å². The van der Waals surface area contributed by atoms with E-state index in [4.69, 9.17) is 10.00 Å². The van der Waals surface area contributed by atoms with E-state index in [9.17, 15) is 4.79 Å². The first-order valence-electron chi connectivity index (χ1n) is 5.32. The van der Waals surface area contributed by atoms with E-state index in [1.807, 2.05) is 30.5 Å². The lowest BCUT2D eigenvalue weighted by atomic mass is 10.2. The average molecular weight is 250 g/mol. The molecule has 1 aromatic heterocycles. The summed E-state index contributed by atoms with van der Waals surface area (Å²) < 4.78 is 4.77. The second kappa shape index (κ2) is 6.81. The van der Waals surface area contributed by atoms with Gasteiger partial charge in [-0.05, 0) is 25.3 Å². The number of ether oxygens (including phenoxy) is 1. The molecule has 0 saturated heterocycles. The zero-order valence-electron chi connectivity index (χ0n) is 9.79. The predicted octanol–water partition coefficient (Wildman–Crippen LogP) is 2.58. The third-order valence-electron chi connectivity index (χ3n) is 2.09. The Balaban J connectivity index is 2.62. The van der Waals surface area contributed by atoms with E-state index in [2.05, 4.69) is 4.99 Å². The lowest BCUT2D eigenvalue weighted by molar-refractivity contribution is -0.143. The molecular weight excluding hydrogens is 236 g/mol. The molecule has 0 saturated carbocycles. The molecule has 2 atom stereocenters. The first kappa shape index (κ1) is 13.4. The summed E-state index contributed by atoms with van der Waals surface area (Å²) in [7, 11) is 0. The standard InChI is InChI=1S/C12H14N2O2S/c1-3-16-12(15)10(7-13)8-14-9(2)11-5-4-6-17-11/h4-6,8-10H,3H2,1-2H3/t9-,10-/m0/s1. The molecule has 0 amide bonds. The topological polar surface area (TPSA) is 62.5 Å². The van der Waals surface area contributed by atoms with Crippen molar-refractivity contribution in [1.82, 2.24) is 0 Å². The van der Waals surface area contributed by atoms with Gasteiger partial charge in [-0.1, -0.05) is 6.07 Å². The molecule has 1 rings (SSSR count). The van der Waals surface area contributed by atoms with Crippen LogP contribution < -0.4 is 0 Å². The lowest BCUT2D eigenvalue weighted by Gasteiger charge is -2.05. The molecule has 0 unspecified atom stereocenters. The van der Waals surface area contributed by atoms with E-state index >= 15 is 0 Å². The van der Waals surface area contributed by atoms with Crippen LogP contribution in [0.3, 0.4) is 0 Å². The van der Waals surface area contributed by atoms with Crippen LogP contribution >= 0.6 is 11.3 Å². The Morgan fingerprint density at radius 1 is 1.76 bits per heavy atom. The zero-order valence-corrected chi connectivity index (χ0v) is 10.6. The molecule has 0 spiro atoms. The fourth-order valence-electron chi connectivity index (χ4n) is 1.20. The molecule has 5 heteroatoms. The fraction of sp³-hybridized carbons (Fsp3) is 0.417. The van der Waals surface area contributed by atoms with Gasteiger partial charge in [0.05, 0.1) is 18.7 Å². The lowest BCUT2D eigenvalue weighted by Crippen LogP contribution is -2.17. The van der Waals surface area contributed by atoms with Gasteiger partial charge in [0, 0.05) is 11.1 Å². The van der Waals surface area contributed by atoms with Crippen molar-refractivity contribution in [3.8, 4) is 6.07 Å². The third-order valence-corrected chi connectivity index (χ3v) is 3.14. The van der Waals surface area contributed by atoms with Crippen LogP contribution in [0.15, 0.2) is 22.5 Å². The van der Waals surface area contributed by atoms with Crippen LogP contribution in [0.5, 0.6) is 0 Å². The number of nitrogens with zero attached hydrogens (tertiary/aromatic N) is 2. The van der Waals surface area contributed by atoms with E-state index in [0.29, 0.717) is 0 Å². The van der Waals surface area contributed by atoms with Gasteiger partial charge in [0.25, 0.3) is 0 Å². The summed E-state index contributed by atoms with van der Waals surface area (Å²) in [6.45, 7) is 3.89. The summed E-state index contributed by atoms with van der Waals surface area (Å²) in [6, 6.07) is 5.74. The maximum absolute atomic E-state index is 11.3. The van der Waals surface area contributed by atoms with Crippen molar-refractivity contribution in [2.45, 2.75) is 19.9 Å². The highest BCUT2D eigenvalue weighted by atomic mass is 32.1. The second-order valence-electron chi connectivity index (χ2n) is 3.35. The van der Waals surface area contributed by atoms with Crippen molar-refractivity contribution < 1.29 is 9.53 Å². The Kier molecular flexibility index (Phi) is 5.37. The molecule has 0 bridgehead atoms. The number of rotatable bonds is 5. The van der Waals surface area contributed by atoms with Crippen LogP contribution in [0.2, 0.25) is 0 Å². The first-order chi connectivity index (χ1) is 8.19. The van der Waals surface area contributed by atoms with Crippen LogP contribution in [0.1, 0.15) is 24.8 Å². The minimum absolute atomic E-state index is 0.0414. The fourth-order valence-corrected chi connectivity index (χ4v) is 1.93. The molecule has 17 heavy (non-hydrogen) atoms. The van der Waals surface area contributed by atoms with Crippen molar-refractivity contribution >= 4 is 23.5 Å². The number of carbonyl (C=O) groups excluding carboxylic acids is 1. The summed E-state index contributed by atoms with van der Waals surface area (Å²) in [5, 5.41) is 10.8. The van der Waals surface area contributed by atoms with E-state index in [1.165, 1.54) is 6.21 Å². The van der Waals surface area contributed by atoms with Crippen LogP contribution in [0.4, 0.5) is 0 Å². The number of hydrogen-bond donors (Lipinski definition) is 0. The van der Waals surface area contributed by atoms with Crippen LogP contribution in [-0.4, -0.2) is 18.8 Å². The van der Waals surface area contributed by atoms with Gasteiger partial charge in [0.15, 0.2) is 5.92 Å². The maximum Gasteiger partial charge on any atom is 0.328 e. The minimum atomic E-state index is -0.919. The Bertz CT molecular complexity index is 420. The van der Waals surface area contributed by atoms with Crippen molar-refractivity contribution in [2.75, 3.05) is 6.61 Å². The van der Waals surface area contributed by atoms with E-state index in [1.54, 1.807) is 18.3 Å². The van der Waals surface area contributed by atoms with Gasteiger partial charge < -0.3 is 4.74 Å². The van der Waals surface area contributed by atoms with Gasteiger partial charge in [-0.2, -0.15) is 5.26 Å². The third kappa shape index (κ3) is 4.00. The second-order valence-corrected chi connectivity index (χ2v) is 4.33. The molecule has 0 fully saturated rings. The largest absolute Gasteiger partial charge is 0.465 e. The van der Waals surface area contributed by atoms with Crippen LogP contribution in [0, 0.1) is 17.2 Å². The Labute approximate surface area is 105 Å². The van der Waals surface area contributed by atoms with E-state index < -0.39 is 11.9 Å². The van der Waals surface area contributed by atoms with Gasteiger partial charge in [-0.15, -0.1) is 11.3 Å². The molecule has 1 aromatic rings.